The molecule has 3 heterocycles. The fourth-order valence-electron chi connectivity index (χ4n) is 3.99. The highest BCUT2D eigenvalue weighted by molar-refractivity contribution is 7.19. The SMILES string of the molecule is Cc1cc(-c2sc(N3C[C@@H](C)O[C@@H](C)C3)nc2CNC(=O)c2ccc(F)cc2)cc(C)n1. The maximum Gasteiger partial charge on any atom is 0.251 e. The molecule has 1 saturated heterocycles. The van der Waals surface area contributed by atoms with Crippen molar-refractivity contribution in [1.82, 2.24) is 15.3 Å². The lowest BCUT2D eigenvalue weighted by molar-refractivity contribution is -0.00523. The van der Waals surface area contributed by atoms with Crippen molar-refractivity contribution >= 4 is 22.4 Å². The van der Waals surface area contributed by atoms with Crippen LogP contribution >= 0.6 is 11.3 Å². The average Bonchev–Trinajstić information content (AvgIpc) is 3.15. The second-order valence-corrected chi connectivity index (χ2v) is 9.24. The highest BCUT2D eigenvalue weighted by Crippen LogP contribution is 2.36. The van der Waals surface area contributed by atoms with Gasteiger partial charge in [-0.15, -0.1) is 0 Å². The fourth-order valence-corrected chi connectivity index (χ4v) is 5.07. The molecule has 1 N–H and O–H groups in total. The number of ether oxygens (including phenoxy) is 1. The molecule has 1 amide bonds. The van der Waals surface area contributed by atoms with E-state index in [9.17, 15) is 9.18 Å². The van der Waals surface area contributed by atoms with Gasteiger partial charge in [0.05, 0.1) is 29.3 Å². The Labute approximate surface area is 191 Å². The lowest BCUT2D eigenvalue weighted by Crippen LogP contribution is -2.45. The molecule has 2 atom stereocenters. The highest BCUT2D eigenvalue weighted by Gasteiger charge is 2.26. The number of aromatic nitrogens is 2. The zero-order valence-corrected chi connectivity index (χ0v) is 19.5. The van der Waals surface area contributed by atoms with E-state index < -0.39 is 0 Å². The van der Waals surface area contributed by atoms with E-state index in [1.807, 2.05) is 26.0 Å². The molecule has 1 aliphatic rings. The molecule has 0 unspecified atom stereocenters. The quantitative estimate of drug-likeness (QED) is 0.615. The smallest absolute Gasteiger partial charge is 0.251 e. The Balaban J connectivity index is 1.63. The lowest BCUT2D eigenvalue weighted by atomic mass is 10.1. The summed E-state index contributed by atoms with van der Waals surface area (Å²) in [5.74, 6) is -0.633. The van der Waals surface area contributed by atoms with Gasteiger partial charge in [0.25, 0.3) is 5.91 Å². The number of pyridine rings is 1. The zero-order valence-electron chi connectivity index (χ0n) is 18.7. The molecule has 6 nitrogen and oxygen atoms in total. The van der Waals surface area contributed by atoms with Crippen LogP contribution in [0.4, 0.5) is 9.52 Å². The van der Waals surface area contributed by atoms with E-state index in [1.54, 1.807) is 11.3 Å². The largest absolute Gasteiger partial charge is 0.372 e. The van der Waals surface area contributed by atoms with Crippen molar-refractivity contribution in [3.63, 3.8) is 0 Å². The van der Waals surface area contributed by atoms with Gasteiger partial charge in [-0.2, -0.15) is 0 Å². The van der Waals surface area contributed by atoms with Gasteiger partial charge in [-0.1, -0.05) is 11.3 Å². The maximum atomic E-state index is 13.2. The van der Waals surface area contributed by atoms with Crippen molar-refractivity contribution in [2.45, 2.75) is 46.4 Å². The topological polar surface area (TPSA) is 67.3 Å². The molecule has 3 aromatic rings. The molecule has 0 spiro atoms. The Morgan fingerprint density at radius 1 is 1.12 bits per heavy atom. The Hall–Kier alpha value is -2.84. The number of hydrogen-bond donors (Lipinski definition) is 1. The first-order valence-electron chi connectivity index (χ1n) is 10.7. The van der Waals surface area contributed by atoms with Gasteiger partial charge in [0, 0.05) is 30.0 Å². The van der Waals surface area contributed by atoms with Crippen LogP contribution in [0.2, 0.25) is 0 Å². The van der Waals surface area contributed by atoms with Crippen molar-refractivity contribution in [2.75, 3.05) is 18.0 Å². The average molecular weight is 455 g/mol. The third kappa shape index (κ3) is 5.14. The first-order chi connectivity index (χ1) is 15.3. The van der Waals surface area contributed by atoms with Crippen molar-refractivity contribution in [1.29, 1.82) is 0 Å². The molecule has 1 aromatic carbocycles. The lowest BCUT2D eigenvalue weighted by Gasteiger charge is -2.35. The number of carbonyl (C=O) groups excluding carboxylic acids is 1. The van der Waals surface area contributed by atoms with Crippen LogP contribution in [0.5, 0.6) is 0 Å². The number of nitrogens with zero attached hydrogens (tertiary/aromatic N) is 3. The minimum absolute atomic E-state index is 0.123. The summed E-state index contributed by atoms with van der Waals surface area (Å²) in [6.07, 6.45) is 0.247. The van der Waals surface area contributed by atoms with E-state index in [-0.39, 0.29) is 30.5 Å². The molecule has 4 rings (SSSR count). The van der Waals surface area contributed by atoms with Gasteiger partial charge in [0.15, 0.2) is 5.13 Å². The van der Waals surface area contributed by atoms with Gasteiger partial charge >= 0.3 is 0 Å². The van der Waals surface area contributed by atoms with E-state index in [0.29, 0.717) is 5.56 Å². The fraction of sp³-hybridized carbons (Fsp3) is 0.375. The number of morpholine rings is 1. The summed E-state index contributed by atoms with van der Waals surface area (Å²) in [5.41, 5.74) is 4.13. The number of carbonyl (C=O) groups is 1. The Kier molecular flexibility index (Phi) is 6.53. The molecule has 0 bridgehead atoms. The molecule has 168 valence electrons. The highest BCUT2D eigenvalue weighted by atomic mass is 32.1. The molecular formula is C24H27FN4O2S. The molecule has 0 radical (unpaired) electrons. The van der Waals surface area contributed by atoms with Gasteiger partial charge in [-0.25, -0.2) is 9.37 Å². The van der Waals surface area contributed by atoms with E-state index in [2.05, 4.69) is 29.0 Å². The summed E-state index contributed by atoms with van der Waals surface area (Å²) in [4.78, 5) is 25.2. The number of benzene rings is 1. The predicted octanol–water partition coefficient (Wildman–Crippen LogP) is 4.50. The second kappa shape index (κ2) is 9.34. The van der Waals surface area contributed by atoms with Crippen LogP contribution < -0.4 is 10.2 Å². The van der Waals surface area contributed by atoms with Crippen LogP contribution in [0.1, 0.15) is 41.3 Å². The molecule has 32 heavy (non-hydrogen) atoms. The van der Waals surface area contributed by atoms with Crippen LogP contribution in [-0.2, 0) is 11.3 Å². The van der Waals surface area contributed by atoms with Gasteiger partial charge in [-0.3, -0.25) is 9.78 Å². The van der Waals surface area contributed by atoms with Crippen molar-refractivity contribution < 1.29 is 13.9 Å². The van der Waals surface area contributed by atoms with E-state index in [1.165, 1.54) is 24.3 Å². The van der Waals surface area contributed by atoms with Gasteiger partial charge < -0.3 is 15.0 Å². The normalized spacial score (nSPS) is 18.6. The van der Waals surface area contributed by atoms with E-state index in [4.69, 9.17) is 9.72 Å². The monoisotopic (exact) mass is 454 g/mol. The van der Waals surface area contributed by atoms with Crippen LogP contribution in [-0.4, -0.2) is 41.2 Å². The summed E-state index contributed by atoms with van der Waals surface area (Å²) in [6.45, 7) is 9.89. The first kappa shape index (κ1) is 22.4. The maximum absolute atomic E-state index is 13.2. The van der Waals surface area contributed by atoms with Crippen LogP contribution in [0, 0.1) is 19.7 Å². The summed E-state index contributed by atoms with van der Waals surface area (Å²) >= 11 is 1.62. The third-order valence-electron chi connectivity index (χ3n) is 5.24. The zero-order chi connectivity index (χ0) is 22.8. The van der Waals surface area contributed by atoms with Crippen molar-refractivity contribution in [3.8, 4) is 10.4 Å². The summed E-state index contributed by atoms with van der Waals surface area (Å²) in [7, 11) is 0. The third-order valence-corrected chi connectivity index (χ3v) is 6.45. The summed E-state index contributed by atoms with van der Waals surface area (Å²) in [5, 5.41) is 3.85. The number of halogens is 1. The Bertz CT molecular complexity index is 1090. The number of anilines is 1. The van der Waals surface area contributed by atoms with E-state index >= 15 is 0 Å². The van der Waals surface area contributed by atoms with Crippen molar-refractivity contribution in [3.05, 3.63) is 64.9 Å². The number of aryl methyl sites for hydroxylation is 2. The van der Waals surface area contributed by atoms with Gasteiger partial charge in [0.2, 0.25) is 0 Å². The number of thiazole rings is 1. The number of rotatable bonds is 5. The molecule has 1 aliphatic heterocycles. The molecule has 0 saturated carbocycles. The minimum Gasteiger partial charge on any atom is -0.372 e. The number of nitrogens with one attached hydrogen (secondary N) is 1. The minimum atomic E-state index is -0.370. The molecule has 0 aliphatic carbocycles. The molecular weight excluding hydrogens is 427 g/mol. The van der Waals surface area contributed by atoms with Crippen molar-refractivity contribution in [2.24, 2.45) is 0 Å². The van der Waals surface area contributed by atoms with Crippen LogP contribution in [0.25, 0.3) is 10.4 Å². The first-order valence-corrected chi connectivity index (χ1v) is 11.5. The van der Waals surface area contributed by atoms with Crippen LogP contribution in [0.3, 0.4) is 0 Å². The summed E-state index contributed by atoms with van der Waals surface area (Å²) in [6, 6.07) is 9.60. The Morgan fingerprint density at radius 3 is 2.38 bits per heavy atom. The summed E-state index contributed by atoms with van der Waals surface area (Å²) < 4.78 is 19.1. The Morgan fingerprint density at radius 2 is 1.75 bits per heavy atom. The molecule has 1 fully saturated rings. The van der Waals surface area contributed by atoms with E-state index in [0.717, 1.165) is 45.7 Å². The predicted molar refractivity (Wildman–Crippen MR) is 125 cm³/mol. The molecule has 2 aromatic heterocycles. The molecule has 8 heteroatoms. The van der Waals surface area contributed by atoms with Gasteiger partial charge in [0.1, 0.15) is 5.82 Å². The standard InChI is InChI=1S/C24H27FN4O2S/c1-14-9-19(10-15(2)27-14)22-21(11-26-23(30)18-5-7-20(25)8-6-18)28-24(32-22)29-12-16(3)31-17(4)13-29/h5-10,16-17H,11-13H2,1-4H3,(H,26,30)/t16-,17+. The second-order valence-electron chi connectivity index (χ2n) is 8.26. The van der Waals surface area contributed by atoms with Crippen LogP contribution in [0.15, 0.2) is 36.4 Å². The number of amides is 1. The van der Waals surface area contributed by atoms with Gasteiger partial charge in [-0.05, 0) is 69.7 Å². The number of hydrogen-bond acceptors (Lipinski definition) is 6.